The first-order valence-corrected chi connectivity index (χ1v) is 8.14. The van der Waals surface area contributed by atoms with Gasteiger partial charge in [0.2, 0.25) is 0 Å². The molecule has 5 nitrogen and oxygen atoms in total. The fourth-order valence-corrected chi connectivity index (χ4v) is 2.64. The van der Waals surface area contributed by atoms with Crippen LogP contribution >= 0.6 is 0 Å². The van der Waals surface area contributed by atoms with Gasteiger partial charge in [-0.15, -0.1) is 0 Å². The van der Waals surface area contributed by atoms with Crippen molar-refractivity contribution in [3.8, 4) is 11.5 Å². The number of nitrogens with one attached hydrogen (secondary N) is 1. The lowest BCUT2D eigenvalue weighted by Crippen LogP contribution is -2.23. The molecule has 3 aromatic rings. The maximum Gasteiger partial charge on any atom is 0.252 e. The summed E-state index contributed by atoms with van der Waals surface area (Å²) < 4.78 is 0. The molecule has 0 saturated heterocycles. The zero-order valence-corrected chi connectivity index (χ0v) is 14.2. The van der Waals surface area contributed by atoms with Gasteiger partial charge in [-0.1, -0.05) is 38.1 Å². The Bertz CT molecular complexity index is 935. The fraction of sp³-hybridized carbons (Fsp3) is 0.200. The van der Waals surface area contributed by atoms with Gasteiger partial charge in [0.05, 0.1) is 11.1 Å². The van der Waals surface area contributed by atoms with Crippen LogP contribution in [0.3, 0.4) is 0 Å². The van der Waals surface area contributed by atoms with Crippen molar-refractivity contribution in [1.82, 2.24) is 10.3 Å². The highest BCUT2D eigenvalue weighted by atomic mass is 16.3. The lowest BCUT2D eigenvalue weighted by molar-refractivity contribution is 0.0952. The van der Waals surface area contributed by atoms with Crippen LogP contribution < -0.4 is 5.32 Å². The van der Waals surface area contributed by atoms with Crippen LogP contribution in [-0.2, 0) is 6.54 Å². The van der Waals surface area contributed by atoms with E-state index < -0.39 is 0 Å². The smallest absolute Gasteiger partial charge is 0.252 e. The standard InChI is InChI=1S/C20H20N2O3/c1-12(2)17-10-15(14-5-3-4-6-16(14)22-17)20(25)21-11-13-7-8-18(23)19(24)9-13/h3-10,12,23-24H,11H2,1-2H3,(H,21,25). The molecule has 5 heteroatoms. The molecule has 0 saturated carbocycles. The van der Waals surface area contributed by atoms with E-state index in [2.05, 4.69) is 10.3 Å². The van der Waals surface area contributed by atoms with E-state index >= 15 is 0 Å². The maximum atomic E-state index is 12.7. The second-order valence-corrected chi connectivity index (χ2v) is 6.27. The monoisotopic (exact) mass is 336 g/mol. The van der Waals surface area contributed by atoms with Crippen molar-refractivity contribution in [2.75, 3.05) is 0 Å². The minimum Gasteiger partial charge on any atom is -0.504 e. The molecule has 0 fully saturated rings. The number of pyridine rings is 1. The number of hydrogen-bond acceptors (Lipinski definition) is 4. The Balaban J connectivity index is 1.89. The molecule has 128 valence electrons. The van der Waals surface area contributed by atoms with E-state index in [-0.39, 0.29) is 29.9 Å². The molecule has 1 amide bonds. The first-order valence-electron chi connectivity index (χ1n) is 8.14. The molecule has 1 heterocycles. The van der Waals surface area contributed by atoms with Crippen molar-refractivity contribution in [1.29, 1.82) is 0 Å². The lowest BCUT2D eigenvalue weighted by Gasteiger charge is -2.12. The predicted molar refractivity (Wildman–Crippen MR) is 96.8 cm³/mol. The minimum absolute atomic E-state index is 0.184. The average Bonchev–Trinajstić information content (AvgIpc) is 2.61. The number of para-hydroxylation sites is 1. The molecular formula is C20H20N2O3. The highest BCUT2D eigenvalue weighted by Crippen LogP contribution is 2.25. The number of phenols is 2. The number of nitrogens with zero attached hydrogens (tertiary/aromatic N) is 1. The highest BCUT2D eigenvalue weighted by molar-refractivity contribution is 6.06. The number of fused-ring (bicyclic) bond motifs is 1. The summed E-state index contributed by atoms with van der Waals surface area (Å²) in [5.74, 6) is -0.377. The lowest BCUT2D eigenvalue weighted by atomic mass is 10.0. The highest BCUT2D eigenvalue weighted by Gasteiger charge is 2.14. The molecule has 3 rings (SSSR count). The molecule has 0 spiro atoms. The van der Waals surface area contributed by atoms with E-state index in [0.29, 0.717) is 11.1 Å². The molecule has 0 radical (unpaired) electrons. The molecule has 0 bridgehead atoms. The van der Waals surface area contributed by atoms with Crippen LogP contribution in [0, 0.1) is 0 Å². The Morgan fingerprint density at radius 2 is 1.84 bits per heavy atom. The van der Waals surface area contributed by atoms with E-state index in [9.17, 15) is 15.0 Å². The molecule has 0 aliphatic carbocycles. The Morgan fingerprint density at radius 1 is 1.08 bits per heavy atom. The van der Waals surface area contributed by atoms with Gasteiger partial charge in [-0.05, 0) is 35.7 Å². The van der Waals surface area contributed by atoms with E-state index in [1.807, 2.05) is 44.2 Å². The zero-order chi connectivity index (χ0) is 18.0. The Labute approximate surface area is 146 Å². The van der Waals surface area contributed by atoms with Crippen LogP contribution in [0.2, 0.25) is 0 Å². The zero-order valence-electron chi connectivity index (χ0n) is 14.2. The first kappa shape index (κ1) is 16.8. The maximum absolute atomic E-state index is 12.7. The van der Waals surface area contributed by atoms with Crippen molar-refractivity contribution < 1.29 is 15.0 Å². The molecule has 0 aliphatic rings. The summed E-state index contributed by atoms with van der Waals surface area (Å²) in [4.78, 5) is 17.3. The second-order valence-electron chi connectivity index (χ2n) is 6.27. The second kappa shape index (κ2) is 6.81. The molecule has 0 atom stereocenters. The van der Waals surface area contributed by atoms with Gasteiger partial charge in [0, 0.05) is 17.6 Å². The van der Waals surface area contributed by atoms with Gasteiger partial charge in [-0.25, -0.2) is 0 Å². The van der Waals surface area contributed by atoms with Gasteiger partial charge in [0.25, 0.3) is 5.91 Å². The quantitative estimate of drug-likeness (QED) is 0.635. The van der Waals surface area contributed by atoms with Crippen LogP contribution in [0.25, 0.3) is 10.9 Å². The van der Waals surface area contributed by atoms with Crippen molar-refractivity contribution in [2.45, 2.75) is 26.3 Å². The van der Waals surface area contributed by atoms with E-state index in [1.165, 1.54) is 12.1 Å². The SMILES string of the molecule is CC(C)c1cc(C(=O)NCc2ccc(O)c(O)c2)c2ccccc2n1. The molecule has 0 unspecified atom stereocenters. The van der Waals surface area contributed by atoms with Crippen molar-refractivity contribution in [2.24, 2.45) is 0 Å². The molecule has 25 heavy (non-hydrogen) atoms. The first-order chi connectivity index (χ1) is 12.0. The topological polar surface area (TPSA) is 82.5 Å². The number of carbonyl (C=O) groups is 1. The number of aromatic hydroxyl groups is 2. The van der Waals surface area contributed by atoms with Crippen molar-refractivity contribution in [3.63, 3.8) is 0 Å². The summed E-state index contributed by atoms with van der Waals surface area (Å²) in [6, 6.07) is 13.9. The van der Waals surface area contributed by atoms with Gasteiger partial charge >= 0.3 is 0 Å². The van der Waals surface area contributed by atoms with Crippen molar-refractivity contribution in [3.05, 3.63) is 65.4 Å². The normalized spacial score (nSPS) is 11.0. The predicted octanol–water partition coefficient (Wildman–Crippen LogP) is 3.70. The van der Waals surface area contributed by atoms with E-state index in [0.717, 1.165) is 16.6 Å². The number of hydrogen-bond donors (Lipinski definition) is 3. The fourth-order valence-electron chi connectivity index (χ4n) is 2.64. The summed E-state index contributed by atoms with van der Waals surface area (Å²) in [7, 11) is 0. The Hall–Kier alpha value is -3.08. The summed E-state index contributed by atoms with van der Waals surface area (Å²) >= 11 is 0. The third kappa shape index (κ3) is 3.55. The number of carbonyl (C=O) groups excluding carboxylic acids is 1. The van der Waals surface area contributed by atoms with Crippen LogP contribution in [0.1, 0.15) is 41.4 Å². The Morgan fingerprint density at radius 3 is 2.56 bits per heavy atom. The minimum atomic E-state index is -0.205. The average molecular weight is 336 g/mol. The van der Waals surface area contributed by atoms with Crippen LogP contribution in [0.4, 0.5) is 0 Å². The molecule has 2 aromatic carbocycles. The van der Waals surface area contributed by atoms with Crippen LogP contribution in [0.5, 0.6) is 11.5 Å². The van der Waals surface area contributed by atoms with Gasteiger partial charge in [0.15, 0.2) is 11.5 Å². The van der Waals surface area contributed by atoms with E-state index in [1.54, 1.807) is 6.07 Å². The number of phenolic OH excluding ortho intramolecular Hbond substituents is 2. The molecular weight excluding hydrogens is 316 g/mol. The van der Waals surface area contributed by atoms with Gasteiger partial charge in [-0.2, -0.15) is 0 Å². The van der Waals surface area contributed by atoms with Gasteiger partial charge < -0.3 is 15.5 Å². The summed E-state index contributed by atoms with van der Waals surface area (Å²) in [6.45, 7) is 4.33. The molecule has 3 N–H and O–H groups in total. The molecule has 1 aromatic heterocycles. The Kier molecular flexibility index (Phi) is 4.57. The van der Waals surface area contributed by atoms with Gasteiger partial charge in [-0.3, -0.25) is 9.78 Å². The number of amides is 1. The third-order valence-corrected chi connectivity index (χ3v) is 4.07. The third-order valence-electron chi connectivity index (χ3n) is 4.07. The summed E-state index contributed by atoms with van der Waals surface area (Å²) in [5, 5.41) is 22.6. The number of rotatable bonds is 4. The van der Waals surface area contributed by atoms with Crippen LogP contribution in [0.15, 0.2) is 48.5 Å². The summed E-state index contributed by atoms with van der Waals surface area (Å²) in [6.07, 6.45) is 0. The van der Waals surface area contributed by atoms with E-state index in [4.69, 9.17) is 0 Å². The summed E-state index contributed by atoms with van der Waals surface area (Å²) in [5.41, 5.74) is 2.94. The number of aromatic nitrogens is 1. The van der Waals surface area contributed by atoms with Crippen LogP contribution in [-0.4, -0.2) is 21.1 Å². The largest absolute Gasteiger partial charge is 0.504 e. The van der Waals surface area contributed by atoms with Gasteiger partial charge in [0.1, 0.15) is 0 Å². The molecule has 0 aliphatic heterocycles. The number of benzene rings is 2. The van der Waals surface area contributed by atoms with Crippen molar-refractivity contribution >= 4 is 16.8 Å².